The predicted octanol–water partition coefficient (Wildman–Crippen LogP) is 4.15. The van der Waals surface area contributed by atoms with Gasteiger partial charge in [-0.1, -0.05) is 28.9 Å². The van der Waals surface area contributed by atoms with Crippen LogP contribution in [0.2, 0.25) is 0 Å². The fourth-order valence-electron chi connectivity index (χ4n) is 1.56. The zero-order valence-electron chi connectivity index (χ0n) is 10.5. The first-order valence-electron chi connectivity index (χ1n) is 5.87. The Bertz CT molecular complexity index is 333. The molecule has 0 aliphatic carbocycles. The Morgan fingerprint density at radius 3 is 2.94 bits per heavy atom. The molecule has 1 N–H and O–H groups in total. The monoisotopic (exact) mass is 317 g/mol. The highest BCUT2D eigenvalue weighted by atomic mass is 79.9. The number of ether oxygens (including phenoxy) is 1. The summed E-state index contributed by atoms with van der Waals surface area (Å²) < 4.78 is 6.32. The van der Waals surface area contributed by atoms with Gasteiger partial charge in [-0.2, -0.15) is 11.8 Å². The van der Waals surface area contributed by atoms with E-state index in [4.69, 9.17) is 4.74 Å². The second kappa shape index (κ2) is 8.84. The maximum atomic E-state index is 5.22. The van der Waals surface area contributed by atoms with Crippen molar-refractivity contribution in [3.8, 4) is 0 Å². The Hall–Kier alpha value is -0.190. The van der Waals surface area contributed by atoms with Gasteiger partial charge in [-0.05, 0) is 30.1 Å². The van der Waals surface area contributed by atoms with Gasteiger partial charge in [-0.3, -0.25) is 0 Å². The Labute approximate surface area is 117 Å². The van der Waals surface area contributed by atoms with Crippen LogP contribution in [0.1, 0.15) is 18.9 Å². The highest BCUT2D eigenvalue weighted by molar-refractivity contribution is 9.10. The van der Waals surface area contributed by atoms with Crippen LogP contribution in [0.5, 0.6) is 0 Å². The standard InChI is InChI=1S/C13H20BrNOS/c1-3-17-9-5-8-15-13-7-4-6-12(14)11(13)10-16-2/h4,6-7,15H,3,5,8-10H2,1-2H3. The van der Waals surface area contributed by atoms with Gasteiger partial charge in [0.2, 0.25) is 0 Å². The summed E-state index contributed by atoms with van der Waals surface area (Å²) >= 11 is 5.54. The molecule has 96 valence electrons. The van der Waals surface area contributed by atoms with Gasteiger partial charge in [0.05, 0.1) is 6.61 Å². The molecule has 0 aliphatic rings. The molecule has 0 unspecified atom stereocenters. The van der Waals surface area contributed by atoms with Crippen molar-refractivity contribution in [2.75, 3.05) is 30.5 Å². The van der Waals surface area contributed by atoms with Crippen LogP contribution in [0.4, 0.5) is 5.69 Å². The van der Waals surface area contributed by atoms with E-state index in [-0.39, 0.29) is 0 Å². The van der Waals surface area contributed by atoms with Crippen LogP contribution in [0.25, 0.3) is 0 Å². The third-order valence-electron chi connectivity index (χ3n) is 2.39. The molecule has 0 spiro atoms. The lowest BCUT2D eigenvalue weighted by Gasteiger charge is -2.13. The third kappa shape index (κ3) is 5.32. The number of halogens is 1. The summed E-state index contributed by atoms with van der Waals surface area (Å²) in [6.45, 7) is 3.84. The molecule has 0 saturated carbocycles. The summed E-state index contributed by atoms with van der Waals surface area (Å²) in [5.74, 6) is 2.42. The number of thioether (sulfide) groups is 1. The lowest BCUT2D eigenvalue weighted by molar-refractivity contribution is 0.185. The van der Waals surface area contributed by atoms with Crippen molar-refractivity contribution in [1.82, 2.24) is 0 Å². The fraction of sp³-hybridized carbons (Fsp3) is 0.538. The molecule has 17 heavy (non-hydrogen) atoms. The zero-order chi connectivity index (χ0) is 12.5. The van der Waals surface area contributed by atoms with E-state index in [1.165, 1.54) is 29.2 Å². The molecule has 1 aromatic carbocycles. The van der Waals surface area contributed by atoms with Gasteiger partial charge in [0.1, 0.15) is 0 Å². The molecule has 0 aliphatic heterocycles. The minimum absolute atomic E-state index is 0.632. The van der Waals surface area contributed by atoms with E-state index in [1.54, 1.807) is 7.11 Å². The minimum atomic E-state index is 0.632. The third-order valence-corrected chi connectivity index (χ3v) is 4.12. The second-order valence-electron chi connectivity index (χ2n) is 3.68. The molecule has 0 saturated heterocycles. The van der Waals surface area contributed by atoms with Crippen molar-refractivity contribution in [3.05, 3.63) is 28.2 Å². The number of nitrogens with one attached hydrogen (secondary N) is 1. The smallest absolute Gasteiger partial charge is 0.0744 e. The van der Waals surface area contributed by atoms with Gasteiger partial charge in [0.25, 0.3) is 0 Å². The van der Waals surface area contributed by atoms with E-state index in [1.807, 2.05) is 23.9 Å². The van der Waals surface area contributed by atoms with E-state index in [9.17, 15) is 0 Å². The Kier molecular flexibility index (Phi) is 7.73. The Balaban J connectivity index is 2.48. The molecule has 0 radical (unpaired) electrons. The molecule has 0 bridgehead atoms. The van der Waals surface area contributed by atoms with E-state index in [0.717, 1.165) is 11.0 Å². The van der Waals surface area contributed by atoms with Crippen molar-refractivity contribution in [2.24, 2.45) is 0 Å². The number of hydrogen-bond donors (Lipinski definition) is 1. The quantitative estimate of drug-likeness (QED) is 0.728. The number of rotatable bonds is 8. The van der Waals surface area contributed by atoms with Crippen LogP contribution < -0.4 is 5.32 Å². The average molecular weight is 318 g/mol. The van der Waals surface area contributed by atoms with Crippen LogP contribution in [-0.2, 0) is 11.3 Å². The first kappa shape index (κ1) is 14.9. The lowest BCUT2D eigenvalue weighted by Crippen LogP contribution is -2.06. The summed E-state index contributed by atoms with van der Waals surface area (Å²) in [6, 6.07) is 6.20. The molecule has 0 amide bonds. The summed E-state index contributed by atoms with van der Waals surface area (Å²) in [5, 5.41) is 3.47. The maximum absolute atomic E-state index is 5.22. The number of hydrogen-bond acceptors (Lipinski definition) is 3. The zero-order valence-corrected chi connectivity index (χ0v) is 12.9. The molecule has 2 nitrogen and oxygen atoms in total. The lowest BCUT2D eigenvalue weighted by atomic mass is 10.2. The normalized spacial score (nSPS) is 10.5. The number of benzene rings is 1. The molecule has 0 heterocycles. The number of methoxy groups -OCH3 is 1. The number of anilines is 1. The van der Waals surface area contributed by atoms with Crippen LogP contribution in [0.3, 0.4) is 0 Å². The van der Waals surface area contributed by atoms with Gasteiger partial charge in [0, 0.05) is 29.4 Å². The average Bonchev–Trinajstić information content (AvgIpc) is 2.33. The second-order valence-corrected chi connectivity index (χ2v) is 5.92. The van der Waals surface area contributed by atoms with Crippen molar-refractivity contribution >= 4 is 33.4 Å². The van der Waals surface area contributed by atoms with Crippen molar-refractivity contribution in [1.29, 1.82) is 0 Å². The predicted molar refractivity (Wildman–Crippen MR) is 81.0 cm³/mol. The first-order valence-corrected chi connectivity index (χ1v) is 7.82. The van der Waals surface area contributed by atoms with Gasteiger partial charge >= 0.3 is 0 Å². The minimum Gasteiger partial charge on any atom is -0.385 e. The van der Waals surface area contributed by atoms with Gasteiger partial charge < -0.3 is 10.1 Å². The molecular weight excluding hydrogens is 298 g/mol. The SMILES string of the molecule is CCSCCCNc1cccc(Br)c1COC. The van der Waals surface area contributed by atoms with Crippen LogP contribution in [0.15, 0.2) is 22.7 Å². The van der Waals surface area contributed by atoms with E-state index in [0.29, 0.717) is 6.61 Å². The molecule has 1 aromatic rings. The molecule has 0 fully saturated rings. The summed E-state index contributed by atoms with van der Waals surface area (Å²) in [7, 11) is 1.72. The topological polar surface area (TPSA) is 21.3 Å². The van der Waals surface area contributed by atoms with E-state index < -0.39 is 0 Å². The van der Waals surface area contributed by atoms with Crippen molar-refractivity contribution < 1.29 is 4.74 Å². The van der Waals surface area contributed by atoms with Gasteiger partial charge in [0.15, 0.2) is 0 Å². The van der Waals surface area contributed by atoms with E-state index in [2.05, 4.69) is 34.2 Å². The molecule has 0 atom stereocenters. The summed E-state index contributed by atoms with van der Waals surface area (Å²) in [4.78, 5) is 0. The first-order chi connectivity index (χ1) is 8.29. The molecule has 0 aromatic heterocycles. The summed E-state index contributed by atoms with van der Waals surface area (Å²) in [6.07, 6.45) is 1.19. The Morgan fingerprint density at radius 2 is 2.24 bits per heavy atom. The van der Waals surface area contributed by atoms with Crippen molar-refractivity contribution in [2.45, 2.75) is 20.0 Å². The fourth-order valence-corrected chi connectivity index (χ4v) is 2.67. The molecule has 4 heteroatoms. The molecular formula is C13H20BrNOS. The van der Waals surface area contributed by atoms with E-state index >= 15 is 0 Å². The highest BCUT2D eigenvalue weighted by Gasteiger charge is 2.05. The van der Waals surface area contributed by atoms with Gasteiger partial charge in [-0.25, -0.2) is 0 Å². The van der Waals surface area contributed by atoms with Crippen molar-refractivity contribution in [3.63, 3.8) is 0 Å². The largest absolute Gasteiger partial charge is 0.385 e. The molecule has 1 rings (SSSR count). The van der Waals surface area contributed by atoms with Crippen LogP contribution in [0, 0.1) is 0 Å². The van der Waals surface area contributed by atoms with Gasteiger partial charge in [-0.15, -0.1) is 0 Å². The van der Waals surface area contributed by atoms with Crippen LogP contribution in [-0.4, -0.2) is 25.2 Å². The Morgan fingerprint density at radius 1 is 1.41 bits per heavy atom. The maximum Gasteiger partial charge on any atom is 0.0744 e. The summed E-state index contributed by atoms with van der Waals surface area (Å²) in [5.41, 5.74) is 2.36. The van der Waals surface area contributed by atoms with Crippen LogP contribution >= 0.6 is 27.7 Å². The highest BCUT2D eigenvalue weighted by Crippen LogP contribution is 2.25.